The number of pyridine rings is 1. The van der Waals surface area contributed by atoms with Gasteiger partial charge < -0.3 is 21.5 Å². The van der Waals surface area contributed by atoms with E-state index in [1.807, 2.05) is 0 Å². The molecule has 2 rings (SSSR count). The van der Waals surface area contributed by atoms with E-state index in [1.165, 1.54) is 6.07 Å². The van der Waals surface area contributed by atoms with Gasteiger partial charge in [-0.1, -0.05) is 0 Å². The molecule has 1 amide bonds. The van der Waals surface area contributed by atoms with Gasteiger partial charge in [0.15, 0.2) is 5.82 Å². The van der Waals surface area contributed by atoms with Crippen molar-refractivity contribution in [1.82, 2.24) is 4.98 Å². The summed E-state index contributed by atoms with van der Waals surface area (Å²) in [5, 5.41) is 9.14. The fourth-order valence-corrected chi connectivity index (χ4v) is 2.55. The first kappa shape index (κ1) is 13.6. The molecule has 0 saturated carbocycles. The molecular formula is C13H20N4O2. The van der Waals surface area contributed by atoms with Crippen molar-refractivity contribution in [3.8, 4) is 0 Å². The van der Waals surface area contributed by atoms with E-state index in [4.69, 9.17) is 16.6 Å². The van der Waals surface area contributed by atoms with Gasteiger partial charge in [-0.05, 0) is 37.8 Å². The fraction of sp³-hybridized carbons (Fsp3) is 0.538. The Bertz CT molecular complexity index is 462. The first-order chi connectivity index (χ1) is 9.13. The first-order valence-electron chi connectivity index (χ1n) is 6.57. The summed E-state index contributed by atoms with van der Waals surface area (Å²) in [7, 11) is 0. The zero-order valence-corrected chi connectivity index (χ0v) is 10.9. The number of nitrogen functional groups attached to an aromatic ring is 1. The van der Waals surface area contributed by atoms with Crippen LogP contribution in [0.1, 0.15) is 36.2 Å². The molecule has 0 bridgehead atoms. The maximum Gasteiger partial charge on any atom is 0.267 e. The SMILES string of the molecule is NC(=O)c1ccc(N)c(N2CCCCC2CCO)n1. The number of carbonyl (C=O) groups excluding carboxylic acids is 1. The molecule has 104 valence electrons. The number of nitrogens with zero attached hydrogens (tertiary/aromatic N) is 2. The van der Waals surface area contributed by atoms with Crippen molar-refractivity contribution < 1.29 is 9.90 Å². The minimum Gasteiger partial charge on any atom is -0.396 e. The van der Waals surface area contributed by atoms with E-state index < -0.39 is 5.91 Å². The van der Waals surface area contributed by atoms with Gasteiger partial charge in [0.1, 0.15) is 5.69 Å². The van der Waals surface area contributed by atoms with Gasteiger partial charge in [0.05, 0.1) is 5.69 Å². The molecule has 0 radical (unpaired) electrons. The average Bonchev–Trinajstić information content (AvgIpc) is 2.40. The summed E-state index contributed by atoms with van der Waals surface area (Å²) in [6.07, 6.45) is 3.88. The fourth-order valence-electron chi connectivity index (χ4n) is 2.55. The third-order valence-corrected chi connectivity index (χ3v) is 3.52. The molecule has 5 N–H and O–H groups in total. The standard InChI is InChI=1S/C13H20N4O2/c14-10-4-5-11(12(15)19)16-13(10)17-7-2-1-3-9(17)6-8-18/h4-5,9,18H,1-3,6-8,14H2,(H2,15,19). The molecule has 6 nitrogen and oxygen atoms in total. The van der Waals surface area contributed by atoms with Crippen molar-refractivity contribution in [2.24, 2.45) is 5.73 Å². The summed E-state index contributed by atoms with van der Waals surface area (Å²) < 4.78 is 0. The molecule has 1 fully saturated rings. The molecule has 6 heteroatoms. The highest BCUT2D eigenvalue weighted by Gasteiger charge is 2.25. The Balaban J connectivity index is 2.32. The second-order valence-corrected chi connectivity index (χ2v) is 4.83. The Morgan fingerprint density at radius 1 is 1.47 bits per heavy atom. The van der Waals surface area contributed by atoms with Crippen LogP contribution in [0.25, 0.3) is 0 Å². The number of hydrogen-bond donors (Lipinski definition) is 3. The summed E-state index contributed by atoms with van der Waals surface area (Å²) in [6.45, 7) is 0.973. The lowest BCUT2D eigenvalue weighted by Gasteiger charge is -2.37. The van der Waals surface area contributed by atoms with Gasteiger partial charge in [-0.25, -0.2) is 4.98 Å². The number of piperidine rings is 1. The largest absolute Gasteiger partial charge is 0.396 e. The number of hydrogen-bond acceptors (Lipinski definition) is 5. The molecule has 0 aromatic carbocycles. The van der Waals surface area contributed by atoms with Crippen molar-refractivity contribution in [2.75, 3.05) is 23.8 Å². The Morgan fingerprint density at radius 2 is 2.26 bits per heavy atom. The highest BCUT2D eigenvalue weighted by molar-refractivity contribution is 5.91. The van der Waals surface area contributed by atoms with Gasteiger partial charge in [-0.3, -0.25) is 4.79 Å². The molecule has 1 aromatic heterocycles. The Kier molecular flexibility index (Phi) is 4.21. The molecule has 1 aliphatic rings. The molecule has 0 aliphatic carbocycles. The molecule has 1 unspecified atom stereocenters. The van der Waals surface area contributed by atoms with Crippen LogP contribution in [0.15, 0.2) is 12.1 Å². The van der Waals surface area contributed by atoms with Crippen molar-refractivity contribution in [2.45, 2.75) is 31.7 Å². The van der Waals surface area contributed by atoms with E-state index in [-0.39, 0.29) is 18.3 Å². The highest BCUT2D eigenvalue weighted by atomic mass is 16.3. The van der Waals surface area contributed by atoms with Gasteiger partial charge >= 0.3 is 0 Å². The topological polar surface area (TPSA) is 105 Å². The van der Waals surface area contributed by atoms with Crippen LogP contribution in [0.3, 0.4) is 0 Å². The second kappa shape index (κ2) is 5.88. The number of aliphatic hydroxyl groups is 1. The van der Waals surface area contributed by atoms with Crippen molar-refractivity contribution in [1.29, 1.82) is 0 Å². The van der Waals surface area contributed by atoms with Crippen molar-refractivity contribution in [3.63, 3.8) is 0 Å². The van der Waals surface area contributed by atoms with Crippen LogP contribution < -0.4 is 16.4 Å². The lowest BCUT2D eigenvalue weighted by atomic mass is 9.99. The lowest BCUT2D eigenvalue weighted by molar-refractivity contribution is 0.0995. The molecule has 1 atom stereocenters. The van der Waals surface area contributed by atoms with E-state index in [0.29, 0.717) is 17.9 Å². The van der Waals surface area contributed by atoms with Crippen LogP contribution in [0.5, 0.6) is 0 Å². The summed E-state index contributed by atoms with van der Waals surface area (Å²) in [6, 6.07) is 3.41. The number of primary amides is 1. The number of anilines is 2. The predicted molar refractivity (Wildman–Crippen MR) is 73.9 cm³/mol. The summed E-state index contributed by atoms with van der Waals surface area (Å²) in [5.41, 5.74) is 12.0. The molecule has 1 saturated heterocycles. The van der Waals surface area contributed by atoms with Crippen molar-refractivity contribution in [3.05, 3.63) is 17.8 Å². The van der Waals surface area contributed by atoms with E-state index in [2.05, 4.69) is 9.88 Å². The van der Waals surface area contributed by atoms with E-state index in [9.17, 15) is 4.79 Å². The number of aliphatic hydroxyl groups excluding tert-OH is 1. The minimum absolute atomic E-state index is 0.135. The maximum atomic E-state index is 11.2. The predicted octanol–water partition coefficient (Wildman–Crippen LogP) is 0.504. The number of aromatic nitrogens is 1. The summed E-state index contributed by atoms with van der Waals surface area (Å²) in [5.74, 6) is 0.0476. The zero-order valence-electron chi connectivity index (χ0n) is 10.9. The monoisotopic (exact) mass is 264 g/mol. The molecule has 1 aromatic rings. The number of carbonyl (C=O) groups is 1. The zero-order chi connectivity index (χ0) is 13.8. The van der Waals surface area contributed by atoms with Crippen molar-refractivity contribution >= 4 is 17.4 Å². The van der Waals surface area contributed by atoms with Gasteiger partial charge in [0, 0.05) is 19.2 Å². The molecule has 1 aliphatic heterocycles. The van der Waals surface area contributed by atoms with E-state index in [1.54, 1.807) is 6.07 Å². The Morgan fingerprint density at radius 3 is 2.95 bits per heavy atom. The van der Waals surface area contributed by atoms with Crippen LogP contribution in [0.2, 0.25) is 0 Å². The third-order valence-electron chi connectivity index (χ3n) is 3.52. The van der Waals surface area contributed by atoms with Crippen LogP contribution in [-0.2, 0) is 0 Å². The third kappa shape index (κ3) is 2.96. The Hall–Kier alpha value is -1.82. The molecule has 0 spiro atoms. The normalized spacial score (nSPS) is 19.4. The second-order valence-electron chi connectivity index (χ2n) is 4.83. The van der Waals surface area contributed by atoms with Gasteiger partial charge in [-0.2, -0.15) is 0 Å². The Labute approximate surface area is 112 Å². The number of amides is 1. The lowest BCUT2D eigenvalue weighted by Crippen LogP contribution is -2.41. The van der Waals surface area contributed by atoms with Crippen LogP contribution >= 0.6 is 0 Å². The summed E-state index contributed by atoms with van der Waals surface area (Å²) in [4.78, 5) is 17.6. The van der Waals surface area contributed by atoms with Gasteiger partial charge in [0.25, 0.3) is 5.91 Å². The first-order valence-corrected chi connectivity index (χ1v) is 6.57. The quantitative estimate of drug-likeness (QED) is 0.734. The van der Waals surface area contributed by atoms with E-state index >= 15 is 0 Å². The molecular weight excluding hydrogens is 244 g/mol. The van der Waals surface area contributed by atoms with Crippen LogP contribution in [-0.4, -0.2) is 35.2 Å². The maximum absolute atomic E-state index is 11.2. The van der Waals surface area contributed by atoms with Crippen LogP contribution in [0.4, 0.5) is 11.5 Å². The molecule has 19 heavy (non-hydrogen) atoms. The average molecular weight is 264 g/mol. The van der Waals surface area contributed by atoms with E-state index in [0.717, 1.165) is 25.8 Å². The van der Waals surface area contributed by atoms with Gasteiger partial charge in [-0.15, -0.1) is 0 Å². The molecule has 2 heterocycles. The highest BCUT2D eigenvalue weighted by Crippen LogP contribution is 2.29. The summed E-state index contributed by atoms with van der Waals surface area (Å²) >= 11 is 0. The number of rotatable bonds is 4. The number of nitrogens with two attached hydrogens (primary N) is 2. The minimum atomic E-state index is -0.558. The van der Waals surface area contributed by atoms with Gasteiger partial charge in [0.2, 0.25) is 0 Å². The smallest absolute Gasteiger partial charge is 0.267 e. The van der Waals surface area contributed by atoms with Crippen LogP contribution in [0, 0.1) is 0 Å².